The highest BCUT2D eigenvalue weighted by Gasteiger charge is 2.30. The van der Waals surface area contributed by atoms with Crippen LogP contribution in [-0.2, 0) is 40.4 Å². The first kappa shape index (κ1) is 57.2. The second kappa shape index (κ2) is 23.8. The Hall–Kier alpha value is -8.52. The van der Waals surface area contributed by atoms with Crippen LogP contribution in [0.2, 0.25) is 0 Å². The summed E-state index contributed by atoms with van der Waals surface area (Å²) in [7, 11) is 1.42. The highest BCUT2D eigenvalue weighted by atomic mass is 16.6. The molecule has 0 spiro atoms. The van der Waals surface area contributed by atoms with Crippen LogP contribution < -0.4 is 42.2 Å². The van der Waals surface area contributed by atoms with E-state index in [9.17, 15) is 28.8 Å². The van der Waals surface area contributed by atoms with Crippen molar-refractivity contribution in [3.8, 4) is 11.5 Å². The summed E-state index contributed by atoms with van der Waals surface area (Å²) in [5, 5.41) is 20.2. The molecule has 1 aliphatic heterocycles. The quantitative estimate of drug-likeness (QED) is 0.0366. The number of imidazole rings is 2. The highest BCUT2D eigenvalue weighted by Crippen LogP contribution is 2.34. The van der Waals surface area contributed by atoms with Crippen LogP contribution in [0.4, 0.5) is 32.9 Å². The van der Waals surface area contributed by atoms with Crippen molar-refractivity contribution in [3.63, 3.8) is 0 Å². The first-order chi connectivity index (χ1) is 36.9. The van der Waals surface area contributed by atoms with E-state index in [0.717, 1.165) is 19.6 Å². The van der Waals surface area contributed by atoms with Gasteiger partial charge >= 0.3 is 12.2 Å². The summed E-state index contributed by atoms with van der Waals surface area (Å²) in [6.45, 7) is 21.6. The van der Waals surface area contributed by atoms with Crippen LogP contribution in [0.15, 0.2) is 36.4 Å². The van der Waals surface area contributed by atoms with Gasteiger partial charge < -0.3 is 44.3 Å². The van der Waals surface area contributed by atoms with E-state index in [1.54, 1.807) is 90.5 Å². The standard InChI is InChI=1S/C52H69N15O11/c1-12-66-41(37(29(3)61-66)57-49(72)77-51(5,6)7)45(70)59-47-55-33-25-31(43(53)68)27-35(74-11)39(33)64(47)18-14-15-19-65-40-34(26-32(44(54)69)28-36(40)76-22-16-17-63-20-23-75-24-21-63)56-48(65)60-46(71)42-38(30(4)62-67(42)13-2)58-50(73)78-52(8,9)10/h14-15,25-28H,12-13,16-24H2,1-11H3,(H2,53,68)(H2,54,69)(H,57,72)(H,58,73)(H,55,59,70)(H,56,60,71)/b15-14+. The Balaban J connectivity index is 1.29. The number of nitrogens with two attached hydrogens (primary N) is 2. The minimum absolute atomic E-state index is 0.0184. The average molecular weight is 1080 g/mol. The van der Waals surface area contributed by atoms with Crippen LogP contribution in [-0.4, -0.2) is 137 Å². The summed E-state index contributed by atoms with van der Waals surface area (Å²) < 4.78 is 34.9. The van der Waals surface area contributed by atoms with E-state index >= 15 is 0 Å². The van der Waals surface area contributed by atoms with Gasteiger partial charge in [0, 0.05) is 56.9 Å². The smallest absolute Gasteiger partial charge is 0.412 e. The number of amides is 6. The molecule has 26 nitrogen and oxygen atoms in total. The van der Waals surface area contributed by atoms with E-state index in [0.29, 0.717) is 42.1 Å². The van der Waals surface area contributed by atoms with Crippen LogP contribution in [0.3, 0.4) is 0 Å². The monoisotopic (exact) mass is 1080 g/mol. The third kappa shape index (κ3) is 13.3. The molecular formula is C52H69N15O11. The van der Waals surface area contributed by atoms with Gasteiger partial charge in [0.25, 0.3) is 11.8 Å². The molecule has 4 aromatic heterocycles. The summed E-state index contributed by atoms with van der Waals surface area (Å²) in [5.74, 6) is -2.27. The van der Waals surface area contributed by atoms with Crippen LogP contribution in [0.5, 0.6) is 11.5 Å². The van der Waals surface area contributed by atoms with Gasteiger partial charge in [-0.2, -0.15) is 10.2 Å². The van der Waals surface area contributed by atoms with Gasteiger partial charge in [0.15, 0.2) is 11.4 Å². The Bertz CT molecular complexity index is 3290. The second-order valence-corrected chi connectivity index (χ2v) is 20.2. The third-order valence-electron chi connectivity index (χ3n) is 12.1. The molecule has 5 heterocycles. The number of hydrogen-bond acceptors (Lipinski definition) is 16. The molecule has 0 unspecified atom stereocenters. The molecule has 1 saturated heterocycles. The molecule has 26 heteroatoms. The summed E-state index contributed by atoms with van der Waals surface area (Å²) in [6, 6.07) is 5.98. The number of ether oxygens (including phenoxy) is 5. The maximum Gasteiger partial charge on any atom is 0.412 e. The van der Waals surface area contributed by atoms with Crippen molar-refractivity contribution in [1.82, 2.24) is 43.6 Å². The molecule has 2 aromatic carbocycles. The summed E-state index contributed by atoms with van der Waals surface area (Å²) >= 11 is 0. The molecular weight excluding hydrogens is 1010 g/mol. The lowest BCUT2D eigenvalue weighted by Gasteiger charge is -2.26. The Morgan fingerprint density at radius 1 is 0.667 bits per heavy atom. The zero-order valence-corrected chi connectivity index (χ0v) is 45.9. The van der Waals surface area contributed by atoms with Gasteiger partial charge in [-0.1, -0.05) is 12.2 Å². The molecule has 1 fully saturated rings. The largest absolute Gasteiger partial charge is 0.494 e. The molecule has 7 rings (SSSR count). The van der Waals surface area contributed by atoms with Gasteiger partial charge in [0.1, 0.15) is 33.7 Å². The number of aryl methyl sites for hydroxylation is 4. The fraction of sp³-hybridized carbons (Fsp3) is 0.462. The SMILES string of the molecule is CCn1nc(C)c(NC(=O)OC(C)(C)C)c1C(=O)Nc1nc2cc(C(N)=O)cc(OC)c2n1C/C=C/Cn1c(NC(=O)c2c(NC(=O)OC(C)(C)C)c(C)nn2CC)nc2cc(C(N)=O)cc(OCCCN3CCOCC3)c21. The van der Waals surface area contributed by atoms with Crippen molar-refractivity contribution in [1.29, 1.82) is 0 Å². The lowest BCUT2D eigenvalue weighted by Crippen LogP contribution is -2.37. The maximum absolute atomic E-state index is 14.6. The summed E-state index contributed by atoms with van der Waals surface area (Å²) in [6.07, 6.45) is 2.60. The van der Waals surface area contributed by atoms with Crippen molar-refractivity contribution in [2.24, 2.45) is 11.5 Å². The van der Waals surface area contributed by atoms with Crippen LogP contribution in [0.25, 0.3) is 22.1 Å². The number of nitrogens with one attached hydrogen (secondary N) is 4. The van der Waals surface area contributed by atoms with E-state index in [-0.39, 0.29) is 101 Å². The molecule has 0 atom stereocenters. The van der Waals surface area contributed by atoms with Gasteiger partial charge in [-0.15, -0.1) is 0 Å². The maximum atomic E-state index is 14.6. The Morgan fingerprint density at radius 3 is 1.51 bits per heavy atom. The number of nitrogens with zero attached hydrogens (tertiary/aromatic N) is 9. The highest BCUT2D eigenvalue weighted by molar-refractivity contribution is 6.10. The number of fused-ring (bicyclic) bond motifs is 2. The van der Waals surface area contributed by atoms with Crippen LogP contribution >= 0.6 is 0 Å². The van der Waals surface area contributed by atoms with Gasteiger partial charge in [0.2, 0.25) is 23.7 Å². The lowest BCUT2D eigenvalue weighted by atomic mass is 10.1. The Morgan fingerprint density at radius 2 is 1.10 bits per heavy atom. The molecule has 6 aromatic rings. The van der Waals surface area contributed by atoms with E-state index in [2.05, 4.69) is 36.4 Å². The fourth-order valence-corrected chi connectivity index (χ4v) is 8.73. The van der Waals surface area contributed by atoms with Gasteiger partial charge in [-0.05, 0) is 99.9 Å². The number of carbonyl (C=O) groups excluding carboxylic acids is 6. The topological polar surface area (TPSA) is 323 Å². The van der Waals surface area contributed by atoms with Crippen molar-refractivity contribution in [2.45, 2.75) is 113 Å². The number of methoxy groups -OCH3 is 1. The molecule has 0 bridgehead atoms. The number of allylic oxidation sites excluding steroid dienone is 2. The van der Waals surface area contributed by atoms with Gasteiger partial charge in [-0.3, -0.25) is 54.7 Å². The number of rotatable bonds is 20. The van der Waals surface area contributed by atoms with E-state index < -0.39 is 47.0 Å². The average Bonchev–Trinajstić information content (AvgIpc) is 4.19. The third-order valence-corrected chi connectivity index (χ3v) is 12.1. The predicted octanol–water partition coefficient (Wildman–Crippen LogP) is 6.20. The summed E-state index contributed by atoms with van der Waals surface area (Å²) in [5.41, 5.74) is 12.5. The second-order valence-electron chi connectivity index (χ2n) is 20.2. The Kier molecular flexibility index (Phi) is 17.4. The molecule has 8 N–H and O–H groups in total. The lowest BCUT2D eigenvalue weighted by molar-refractivity contribution is 0.0358. The molecule has 0 radical (unpaired) electrons. The zero-order chi connectivity index (χ0) is 56.8. The van der Waals surface area contributed by atoms with Crippen molar-refractivity contribution >= 4 is 81.2 Å². The molecule has 0 aliphatic carbocycles. The summed E-state index contributed by atoms with van der Waals surface area (Å²) in [4.78, 5) is 92.3. The van der Waals surface area contributed by atoms with E-state index in [4.69, 9.17) is 45.1 Å². The number of aromatic nitrogens is 8. The van der Waals surface area contributed by atoms with Crippen LogP contribution in [0.1, 0.15) is 115 Å². The van der Waals surface area contributed by atoms with Gasteiger partial charge in [0.05, 0.1) is 60.7 Å². The van der Waals surface area contributed by atoms with Gasteiger partial charge in [-0.25, -0.2) is 19.6 Å². The first-order valence-electron chi connectivity index (χ1n) is 25.5. The number of hydrogen-bond donors (Lipinski definition) is 6. The first-order valence-corrected chi connectivity index (χ1v) is 25.5. The Labute approximate surface area is 450 Å². The fourth-order valence-electron chi connectivity index (χ4n) is 8.73. The molecule has 418 valence electrons. The number of benzene rings is 2. The number of primary amides is 2. The number of carbonyl (C=O) groups is 6. The van der Waals surface area contributed by atoms with Crippen molar-refractivity contribution in [3.05, 3.63) is 70.3 Å². The molecule has 1 aliphatic rings. The van der Waals surface area contributed by atoms with E-state index in [1.165, 1.54) is 40.7 Å². The molecule has 6 amide bonds. The van der Waals surface area contributed by atoms with Crippen molar-refractivity contribution in [2.75, 3.05) is 67.8 Å². The molecule has 78 heavy (non-hydrogen) atoms. The van der Waals surface area contributed by atoms with Crippen molar-refractivity contribution < 1.29 is 52.5 Å². The zero-order valence-electron chi connectivity index (χ0n) is 45.9. The normalized spacial score (nSPS) is 13.2. The van der Waals surface area contributed by atoms with Crippen LogP contribution in [0, 0.1) is 13.8 Å². The minimum Gasteiger partial charge on any atom is -0.494 e. The number of morpholine rings is 1. The molecule has 0 saturated carbocycles. The predicted molar refractivity (Wildman–Crippen MR) is 290 cm³/mol. The number of anilines is 4. The van der Waals surface area contributed by atoms with E-state index in [1.807, 2.05) is 0 Å². The minimum atomic E-state index is -0.836.